The summed E-state index contributed by atoms with van der Waals surface area (Å²) in [4.78, 5) is 10.7. The van der Waals surface area contributed by atoms with Crippen molar-refractivity contribution >= 4 is 5.91 Å². The molecule has 1 amide bonds. The summed E-state index contributed by atoms with van der Waals surface area (Å²) >= 11 is 0. The molecule has 0 aliphatic heterocycles. The molecule has 0 aromatic carbocycles. The fourth-order valence-corrected chi connectivity index (χ4v) is 1.35. The SMILES string of the molecule is C=CC(=O)NCC1CC(OC)C1. The van der Waals surface area contributed by atoms with Gasteiger partial charge in [-0.1, -0.05) is 6.58 Å². The molecule has 0 heterocycles. The molecule has 1 aliphatic rings. The molecule has 3 heteroatoms. The summed E-state index contributed by atoms with van der Waals surface area (Å²) in [5.41, 5.74) is 0. The van der Waals surface area contributed by atoms with Crippen molar-refractivity contribution in [2.24, 2.45) is 5.92 Å². The van der Waals surface area contributed by atoms with E-state index in [2.05, 4.69) is 11.9 Å². The van der Waals surface area contributed by atoms with Gasteiger partial charge >= 0.3 is 0 Å². The van der Waals surface area contributed by atoms with Crippen LogP contribution in [0.3, 0.4) is 0 Å². The average molecular weight is 169 g/mol. The first kappa shape index (κ1) is 9.26. The van der Waals surface area contributed by atoms with Gasteiger partial charge in [-0.3, -0.25) is 4.79 Å². The van der Waals surface area contributed by atoms with E-state index in [4.69, 9.17) is 4.74 Å². The topological polar surface area (TPSA) is 38.3 Å². The van der Waals surface area contributed by atoms with Crippen LogP contribution in [0.15, 0.2) is 12.7 Å². The molecule has 0 atom stereocenters. The highest BCUT2D eigenvalue weighted by atomic mass is 16.5. The molecule has 0 saturated heterocycles. The summed E-state index contributed by atoms with van der Waals surface area (Å²) in [6, 6.07) is 0. The van der Waals surface area contributed by atoms with Crippen molar-refractivity contribution < 1.29 is 9.53 Å². The van der Waals surface area contributed by atoms with Gasteiger partial charge in [0.2, 0.25) is 5.91 Å². The Bertz CT molecular complexity index is 173. The second kappa shape index (κ2) is 4.26. The monoisotopic (exact) mass is 169 g/mol. The predicted octanol–water partition coefficient (Wildman–Crippen LogP) is 0.714. The normalized spacial score (nSPS) is 27.4. The van der Waals surface area contributed by atoms with Crippen molar-refractivity contribution in [3.8, 4) is 0 Å². The van der Waals surface area contributed by atoms with Crippen molar-refractivity contribution in [3.05, 3.63) is 12.7 Å². The van der Waals surface area contributed by atoms with Crippen molar-refractivity contribution in [1.29, 1.82) is 0 Å². The van der Waals surface area contributed by atoms with E-state index >= 15 is 0 Å². The molecule has 1 aliphatic carbocycles. The maximum Gasteiger partial charge on any atom is 0.243 e. The van der Waals surface area contributed by atoms with Crippen LogP contribution in [0.2, 0.25) is 0 Å². The summed E-state index contributed by atoms with van der Waals surface area (Å²) < 4.78 is 5.12. The molecule has 1 rings (SSSR count). The Labute approximate surface area is 72.8 Å². The Morgan fingerprint density at radius 1 is 1.75 bits per heavy atom. The molecule has 0 unspecified atom stereocenters. The number of hydrogen-bond acceptors (Lipinski definition) is 2. The summed E-state index contributed by atoms with van der Waals surface area (Å²) in [5, 5.41) is 2.77. The van der Waals surface area contributed by atoms with E-state index in [1.54, 1.807) is 7.11 Å². The minimum absolute atomic E-state index is 0.0872. The fourth-order valence-electron chi connectivity index (χ4n) is 1.35. The largest absolute Gasteiger partial charge is 0.381 e. The Morgan fingerprint density at radius 2 is 2.42 bits per heavy atom. The van der Waals surface area contributed by atoms with Gasteiger partial charge in [0.05, 0.1) is 6.10 Å². The number of carbonyl (C=O) groups is 1. The Balaban J connectivity index is 2.04. The average Bonchev–Trinajstić information content (AvgIpc) is 2.01. The summed E-state index contributed by atoms with van der Waals surface area (Å²) in [6.45, 7) is 4.13. The minimum Gasteiger partial charge on any atom is -0.381 e. The van der Waals surface area contributed by atoms with Crippen LogP contribution in [0.5, 0.6) is 0 Å². The molecule has 0 spiro atoms. The molecule has 68 valence electrons. The maximum atomic E-state index is 10.7. The molecule has 3 nitrogen and oxygen atoms in total. The van der Waals surface area contributed by atoms with Gasteiger partial charge in [0.25, 0.3) is 0 Å². The van der Waals surface area contributed by atoms with Crippen LogP contribution in [0, 0.1) is 5.92 Å². The molecule has 0 aromatic heterocycles. The van der Waals surface area contributed by atoms with Crippen LogP contribution in [0.4, 0.5) is 0 Å². The smallest absolute Gasteiger partial charge is 0.243 e. The number of hydrogen-bond donors (Lipinski definition) is 1. The molecule has 0 bridgehead atoms. The first-order valence-electron chi connectivity index (χ1n) is 4.19. The third kappa shape index (κ3) is 2.34. The second-order valence-corrected chi connectivity index (χ2v) is 3.14. The Hall–Kier alpha value is -0.830. The third-order valence-corrected chi connectivity index (χ3v) is 2.28. The van der Waals surface area contributed by atoms with Gasteiger partial charge < -0.3 is 10.1 Å². The van der Waals surface area contributed by atoms with E-state index in [0.29, 0.717) is 12.0 Å². The van der Waals surface area contributed by atoms with Crippen molar-refractivity contribution in [3.63, 3.8) is 0 Å². The van der Waals surface area contributed by atoms with Crippen molar-refractivity contribution in [1.82, 2.24) is 5.32 Å². The zero-order valence-corrected chi connectivity index (χ0v) is 7.38. The summed E-state index contributed by atoms with van der Waals surface area (Å²) in [7, 11) is 1.73. The number of methoxy groups -OCH3 is 1. The van der Waals surface area contributed by atoms with E-state index in [1.165, 1.54) is 6.08 Å². The third-order valence-electron chi connectivity index (χ3n) is 2.28. The Morgan fingerprint density at radius 3 is 2.92 bits per heavy atom. The van der Waals surface area contributed by atoms with E-state index < -0.39 is 0 Å². The van der Waals surface area contributed by atoms with E-state index in [9.17, 15) is 4.79 Å². The number of amides is 1. The van der Waals surface area contributed by atoms with Crippen molar-refractivity contribution in [2.75, 3.05) is 13.7 Å². The lowest BCUT2D eigenvalue weighted by molar-refractivity contribution is -0.117. The maximum absolute atomic E-state index is 10.7. The van der Waals surface area contributed by atoms with Crippen LogP contribution in [-0.2, 0) is 9.53 Å². The molecule has 0 radical (unpaired) electrons. The van der Waals surface area contributed by atoms with Gasteiger partial charge in [0, 0.05) is 13.7 Å². The van der Waals surface area contributed by atoms with Crippen molar-refractivity contribution in [2.45, 2.75) is 18.9 Å². The van der Waals surface area contributed by atoms with Crippen LogP contribution in [0.25, 0.3) is 0 Å². The van der Waals surface area contributed by atoms with E-state index in [0.717, 1.165) is 19.4 Å². The zero-order chi connectivity index (χ0) is 8.97. The van der Waals surface area contributed by atoms with Gasteiger partial charge in [0.15, 0.2) is 0 Å². The fraction of sp³-hybridized carbons (Fsp3) is 0.667. The molecule has 0 aromatic rings. The van der Waals surface area contributed by atoms with Crippen LogP contribution < -0.4 is 5.32 Å². The number of nitrogens with one attached hydrogen (secondary N) is 1. The standard InChI is InChI=1S/C9H15NO2/c1-3-9(11)10-6-7-4-8(5-7)12-2/h3,7-8H,1,4-6H2,2H3,(H,10,11). The molecule has 1 fully saturated rings. The van der Waals surface area contributed by atoms with Crippen LogP contribution in [0.1, 0.15) is 12.8 Å². The van der Waals surface area contributed by atoms with Gasteiger partial charge in [-0.25, -0.2) is 0 Å². The molecular formula is C9H15NO2. The predicted molar refractivity (Wildman–Crippen MR) is 46.7 cm³/mol. The second-order valence-electron chi connectivity index (χ2n) is 3.14. The first-order valence-corrected chi connectivity index (χ1v) is 4.19. The molecule has 1 N–H and O–H groups in total. The first-order chi connectivity index (χ1) is 5.76. The highest BCUT2D eigenvalue weighted by molar-refractivity contribution is 5.86. The molecule has 12 heavy (non-hydrogen) atoms. The van der Waals surface area contributed by atoms with Crippen LogP contribution in [-0.4, -0.2) is 25.7 Å². The van der Waals surface area contributed by atoms with Gasteiger partial charge in [-0.15, -0.1) is 0 Å². The number of carbonyl (C=O) groups excluding carboxylic acids is 1. The highest BCUT2D eigenvalue weighted by Gasteiger charge is 2.28. The van der Waals surface area contributed by atoms with E-state index in [-0.39, 0.29) is 5.91 Å². The van der Waals surface area contributed by atoms with Gasteiger partial charge in [0.1, 0.15) is 0 Å². The van der Waals surface area contributed by atoms with Gasteiger partial charge in [-0.05, 0) is 24.8 Å². The highest BCUT2D eigenvalue weighted by Crippen LogP contribution is 2.28. The lowest BCUT2D eigenvalue weighted by Crippen LogP contribution is -2.38. The zero-order valence-electron chi connectivity index (χ0n) is 7.38. The summed E-state index contributed by atoms with van der Waals surface area (Å²) in [6.07, 6.45) is 3.84. The molecular weight excluding hydrogens is 154 g/mol. The number of ether oxygens (including phenoxy) is 1. The van der Waals surface area contributed by atoms with Gasteiger partial charge in [-0.2, -0.15) is 0 Å². The van der Waals surface area contributed by atoms with E-state index in [1.807, 2.05) is 0 Å². The molecule has 1 saturated carbocycles. The lowest BCUT2D eigenvalue weighted by Gasteiger charge is -2.33. The quantitative estimate of drug-likeness (QED) is 0.629. The van der Waals surface area contributed by atoms with Crippen LogP contribution >= 0.6 is 0 Å². The number of rotatable bonds is 4. The lowest BCUT2D eigenvalue weighted by atomic mass is 9.82. The Kier molecular flexibility index (Phi) is 3.29. The minimum atomic E-state index is -0.0872. The summed E-state index contributed by atoms with van der Waals surface area (Å²) in [5.74, 6) is 0.509.